The summed E-state index contributed by atoms with van der Waals surface area (Å²) in [6, 6.07) is 11.6. The van der Waals surface area contributed by atoms with Crippen molar-refractivity contribution in [1.29, 1.82) is 0 Å². The Morgan fingerprint density at radius 1 is 1.28 bits per heavy atom. The van der Waals surface area contributed by atoms with Crippen LogP contribution in [0, 0.1) is 11.8 Å². The van der Waals surface area contributed by atoms with E-state index >= 15 is 0 Å². The van der Waals surface area contributed by atoms with E-state index in [1.54, 1.807) is 19.9 Å². The van der Waals surface area contributed by atoms with Gasteiger partial charge in [0.05, 0.1) is 6.04 Å². The van der Waals surface area contributed by atoms with Gasteiger partial charge >= 0.3 is 0 Å². The third-order valence-corrected chi connectivity index (χ3v) is 4.43. The van der Waals surface area contributed by atoms with Crippen LogP contribution < -0.4 is 0 Å². The zero-order valence-corrected chi connectivity index (χ0v) is 15.0. The molecule has 4 heteroatoms. The Kier molecular flexibility index (Phi) is 4.69. The molecule has 1 aliphatic rings. The second-order valence-electron chi connectivity index (χ2n) is 6.94. The molecule has 1 aromatic carbocycles. The van der Waals surface area contributed by atoms with Crippen molar-refractivity contribution in [3.05, 3.63) is 59.4 Å². The summed E-state index contributed by atoms with van der Waals surface area (Å²) >= 11 is 0. The van der Waals surface area contributed by atoms with Gasteiger partial charge in [0.1, 0.15) is 5.60 Å². The molecule has 0 bridgehead atoms. The van der Waals surface area contributed by atoms with Crippen LogP contribution in [0.2, 0.25) is 0 Å². The van der Waals surface area contributed by atoms with Crippen LogP contribution in [0.3, 0.4) is 0 Å². The van der Waals surface area contributed by atoms with Gasteiger partial charge in [-0.2, -0.15) is 0 Å². The first kappa shape index (κ1) is 17.3. The molecule has 25 heavy (non-hydrogen) atoms. The highest BCUT2D eigenvalue weighted by molar-refractivity contribution is 5.95. The van der Waals surface area contributed by atoms with Crippen molar-refractivity contribution in [2.45, 2.75) is 45.4 Å². The number of rotatable bonds is 2. The van der Waals surface area contributed by atoms with E-state index in [9.17, 15) is 9.90 Å². The Balaban J connectivity index is 1.87. The average Bonchev–Trinajstić information content (AvgIpc) is 3.07. The Morgan fingerprint density at radius 2 is 2.08 bits per heavy atom. The second-order valence-corrected chi connectivity index (χ2v) is 6.94. The number of fused-ring (bicyclic) bond motifs is 1. The third kappa shape index (κ3) is 3.78. The largest absolute Gasteiger partial charge is 0.378 e. The predicted molar refractivity (Wildman–Crippen MR) is 98.1 cm³/mol. The van der Waals surface area contributed by atoms with E-state index in [4.69, 9.17) is 0 Å². The summed E-state index contributed by atoms with van der Waals surface area (Å²) in [5.74, 6) is 5.77. The first-order valence-corrected chi connectivity index (χ1v) is 8.70. The van der Waals surface area contributed by atoms with Gasteiger partial charge in [-0.1, -0.05) is 24.8 Å². The number of carbonyl (C=O) groups excluding carboxylic acids is 1. The molecule has 0 saturated heterocycles. The molecule has 1 unspecified atom stereocenters. The lowest BCUT2D eigenvalue weighted by molar-refractivity contribution is 0.0618. The van der Waals surface area contributed by atoms with Crippen molar-refractivity contribution in [3.8, 4) is 11.8 Å². The normalized spacial score (nSPS) is 16.8. The molecule has 4 nitrogen and oxygen atoms in total. The first-order chi connectivity index (χ1) is 11.9. The molecular formula is C21H24N2O2. The van der Waals surface area contributed by atoms with Crippen molar-refractivity contribution in [2.24, 2.45) is 0 Å². The van der Waals surface area contributed by atoms with Crippen molar-refractivity contribution >= 4 is 5.91 Å². The number of aliphatic hydroxyl groups is 1. The van der Waals surface area contributed by atoms with Crippen molar-refractivity contribution in [2.75, 3.05) is 6.54 Å². The highest BCUT2D eigenvalue weighted by Crippen LogP contribution is 2.30. The SMILES string of the molecule is CCC1c2cccn2CCN1C(=O)c1cccc(C#CC(C)(C)O)c1. The van der Waals surface area contributed by atoms with E-state index in [1.165, 1.54) is 5.69 Å². The number of aromatic nitrogens is 1. The van der Waals surface area contributed by atoms with Gasteiger partial charge in [0.2, 0.25) is 0 Å². The molecule has 0 radical (unpaired) electrons. The van der Waals surface area contributed by atoms with Gasteiger partial charge in [0.15, 0.2) is 0 Å². The van der Waals surface area contributed by atoms with Gasteiger partial charge < -0.3 is 14.6 Å². The Bertz CT molecular complexity index is 833. The molecule has 0 saturated carbocycles. The Hall–Kier alpha value is -2.51. The number of nitrogens with zero attached hydrogens (tertiary/aromatic N) is 2. The molecule has 2 heterocycles. The fourth-order valence-corrected chi connectivity index (χ4v) is 3.26. The van der Waals surface area contributed by atoms with Gasteiger partial charge in [-0.05, 0) is 50.6 Å². The maximum absolute atomic E-state index is 13.1. The molecular weight excluding hydrogens is 312 g/mol. The summed E-state index contributed by atoms with van der Waals surface area (Å²) in [4.78, 5) is 15.0. The zero-order chi connectivity index (χ0) is 18.0. The van der Waals surface area contributed by atoms with Crippen molar-refractivity contribution in [3.63, 3.8) is 0 Å². The standard InChI is InChI=1S/C21H24N2O2/c1-4-18-19-9-6-12-22(19)13-14-23(18)20(24)17-8-5-7-16(15-17)10-11-21(2,3)25/h5-9,12,15,18,25H,4,13-14H2,1-3H3. The Labute approximate surface area is 149 Å². The molecule has 1 amide bonds. The summed E-state index contributed by atoms with van der Waals surface area (Å²) in [7, 11) is 0. The lowest BCUT2D eigenvalue weighted by atomic mass is 10.0. The number of carbonyl (C=O) groups is 1. The van der Waals surface area contributed by atoms with Crippen molar-refractivity contribution in [1.82, 2.24) is 9.47 Å². The molecule has 1 N–H and O–H groups in total. The molecule has 130 valence electrons. The van der Waals surface area contributed by atoms with Crippen LogP contribution in [0.15, 0.2) is 42.6 Å². The maximum Gasteiger partial charge on any atom is 0.254 e. The Morgan fingerprint density at radius 3 is 2.80 bits per heavy atom. The van der Waals surface area contributed by atoms with E-state index in [1.807, 2.05) is 29.2 Å². The molecule has 1 aromatic heterocycles. The molecule has 0 fully saturated rings. The predicted octanol–water partition coefficient (Wildman–Crippen LogP) is 3.22. The number of hydrogen-bond donors (Lipinski definition) is 1. The van der Waals surface area contributed by atoms with E-state index in [2.05, 4.69) is 35.6 Å². The van der Waals surface area contributed by atoms with Crippen molar-refractivity contribution < 1.29 is 9.90 Å². The van der Waals surface area contributed by atoms with Gasteiger partial charge in [0, 0.05) is 36.1 Å². The summed E-state index contributed by atoms with van der Waals surface area (Å²) in [6.45, 7) is 6.92. The zero-order valence-electron chi connectivity index (χ0n) is 15.0. The van der Waals surface area contributed by atoms with Crippen LogP contribution in [-0.2, 0) is 6.54 Å². The minimum atomic E-state index is -1.05. The molecule has 1 atom stereocenters. The third-order valence-electron chi connectivity index (χ3n) is 4.43. The number of benzene rings is 1. The first-order valence-electron chi connectivity index (χ1n) is 8.70. The smallest absolute Gasteiger partial charge is 0.254 e. The van der Waals surface area contributed by atoms with E-state index in [0.717, 1.165) is 18.5 Å². The fraction of sp³-hybridized carbons (Fsp3) is 0.381. The molecule has 2 aromatic rings. The minimum Gasteiger partial charge on any atom is -0.378 e. The molecule has 1 aliphatic heterocycles. The number of amides is 1. The van der Waals surface area contributed by atoms with Crippen LogP contribution >= 0.6 is 0 Å². The fourth-order valence-electron chi connectivity index (χ4n) is 3.26. The molecule has 0 aliphatic carbocycles. The van der Waals surface area contributed by atoms with Gasteiger partial charge in [-0.15, -0.1) is 0 Å². The van der Waals surface area contributed by atoms with E-state index in [0.29, 0.717) is 12.1 Å². The van der Waals surface area contributed by atoms with Crippen LogP contribution in [-0.4, -0.2) is 32.6 Å². The van der Waals surface area contributed by atoms with Gasteiger partial charge in [-0.3, -0.25) is 4.79 Å². The van der Waals surface area contributed by atoms with Crippen LogP contribution in [0.25, 0.3) is 0 Å². The van der Waals surface area contributed by atoms with Crippen LogP contribution in [0.1, 0.15) is 54.8 Å². The summed E-state index contributed by atoms with van der Waals surface area (Å²) in [5, 5.41) is 9.75. The monoisotopic (exact) mass is 336 g/mol. The quantitative estimate of drug-likeness (QED) is 0.856. The van der Waals surface area contributed by atoms with Gasteiger partial charge in [-0.25, -0.2) is 0 Å². The highest BCUT2D eigenvalue weighted by atomic mass is 16.3. The van der Waals surface area contributed by atoms with Crippen LogP contribution in [0.4, 0.5) is 0 Å². The lowest BCUT2D eigenvalue weighted by Gasteiger charge is -2.36. The molecule has 3 rings (SSSR count). The number of hydrogen-bond acceptors (Lipinski definition) is 2. The van der Waals surface area contributed by atoms with Gasteiger partial charge in [0.25, 0.3) is 5.91 Å². The highest BCUT2D eigenvalue weighted by Gasteiger charge is 2.30. The maximum atomic E-state index is 13.1. The van der Waals surface area contributed by atoms with Crippen LogP contribution in [0.5, 0.6) is 0 Å². The average molecular weight is 336 g/mol. The minimum absolute atomic E-state index is 0.0335. The topological polar surface area (TPSA) is 45.5 Å². The summed E-state index contributed by atoms with van der Waals surface area (Å²) in [5.41, 5.74) is 1.52. The molecule has 0 spiro atoms. The summed E-state index contributed by atoms with van der Waals surface area (Å²) < 4.78 is 2.23. The van der Waals surface area contributed by atoms with E-state index < -0.39 is 5.60 Å². The second kappa shape index (κ2) is 6.78. The lowest BCUT2D eigenvalue weighted by Crippen LogP contribution is -2.41. The van der Waals surface area contributed by atoms with E-state index in [-0.39, 0.29) is 11.9 Å². The summed E-state index contributed by atoms with van der Waals surface area (Å²) in [6.07, 6.45) is 2.96.